The molecule has 0 atom stereocenters. The lowest BCUT2D eigenvalue weighted by molar-refractivity contribution is -0.138. The van der Waals surface area contributed by atoms with Gasteiger partial charge in [-0.25, -0.2) is 0 Å². The molecule has 124 valence electrons. The van der Waals surface area contributed by atoms with Gasteiger partial charge in [0.15, 0.2) is 11.5 Å². The average molecular weight is 318 g/mol. The lowest BCUT2D eigenvalue weighted by Crippen LogP contribution is -2.43. The first-order chi connectivity index (χ1) is 11.0. The Kier molecular flexibility index (Phi) is 4.41. The largest absolute Gasteiger partial charge is 0.454 e. The van der Waals surface area contributed by atoms with Crippen LogP contribution >= 0.6 is 0 Å². The molecule has 2 heterocycles. The van der Waals surface area contributed by atoms with Crippen LogP contribution in [0.3, 0.4) is 0 Å². The molecule has 0 spiro atoms. The Bertz CT molecular complexity index is 607. The van der Waals surface area contributed by atoms with Gasteiger partial charge in [0.2, 0.25) is 18.6 Å². The monoisotopic (exact) mass is 318 g/mol. The first-order valence-corrected chi connectivity index (χ1v) is 7.92. The van der Waals surface area contributed by atoms with Crippen LogP contribution in [0.1, 0.15) is 18.4 Å². The second-order valence-corrected chi connectivity index (χ2v) is 6.25. The lowest BCUT2D eigenvalue weighted by Gasteiger charge is -2.32. The molecular formula is C17H22N2O4. The van der Waals surface area contributed by atoms with Gasteiger partial charge in [-0.3, -0.25) is 9.59 Å². The number of piperidine rings is 1. The third kappa shape index (κ3) is 3.41. The van der Waals surface area contributed by atoms with Crippen molar-refractivity contribution in [1.82, 2.24) is 9.80 Å². The van der Waals surface area contributed by atoms with Crippen molar-refractivity contribution < 1.29 is 19.1 Å². The van der Waals surface area contributed by atoms with Crippen LogP contribution in [0.15, 0.2) is 18.2 Å². The predicted molar refractivity (Wildman–Crippen MR) is 84.3 cm³/mol. The second-order valence-electron chi connectivity index (χ2n) is 6.25. The number of rotatable bonds is 3. The average Bonchev–Trinajstić information content (AvgIpc) is 3.01. The summed E-state index contributed by atoms with van der Waals surface area (Å²) in [6.45, 7) is 1.53. The van der Waals surface area contributed by atoms with E-state index >= 15 is 0 Å². The number of hydrogen-bond acceptors (Lipinski definition) is 4. The molecule has 0 aromatic heterocycles. The van der Waals surface area contributed by atoms with Crippen molar-refractivity contribution in [3.8, 4) is 11.5 Å². The van der Waals surface area contributed by atoms with Gasteiger partial charge in [0, 0.05) is 33.1 Å². The first-order valence-electron chi connectivity index (χ1n) is 7.92. The van der Waals surface area contributed by atoms with E-state index in [2.05, 4.69) is 0 Å². The second kappa shape index (κ2) is 6.48. The summed E-state index contributed by atoms with van der Waals surface area (Å²) in [6, 6.07) is 5.60. The summed E-state index contributed by atoms with van der Waals surface area (Å²) in [7, 11) is 3.55. The third-order valence-electron chi connectivity index (χ3n) is 4.43. The lowest BCUT2D eigenvalue weighted by atomic mass is 9.95. The van der Waals surface area contributed by atoms with Gasteiger partial charge in [-0.1, -0.05) is 6.07 Å². The van der Waals surface area contributed by atoms with Crippen LogP contribution < -0.4 is 9.47 Å². The maximum Gasteiger partial charge on any atom is 0.231 e. The number of benzene rings is 1. The Morgan fingerprint density at radius 3 is 2.57 bits per heavy atom. The summed E-state index contributed by atoms with van der Waals surface area (Å²) in [6.07, 6.45) is 1.83. The molecule has 0 radical (unpaired) electrons. The number of carbonyl (C=O) groups excluding carboxylic acids is 2. The number of carbonyl (C=O) groups is 2. The number of hydrogen-bond donors (Lipinski definition) is 0. The van der Waals surface area contributed by atoms with Gasteiger partial charge in [0.05, 0.1) is 6.42 Å². The highest BCUT2D eigenvalue weighted by atomic mass is 16.7. The van der Waals surface area contributed by atoms with E-state index in [1.54, 1.807) is 19.0 Å². The van der Waals surface area contributed by atoms with E-state index in [-0.39, 0.29) is 24.5 Å². The highest BCUT2D eigenvalue weighted by Crippen LogP contribution is 2.32. The zero-order valence-corrected chi connectivity index (χ0v) is 13.6. The minimum atomic E-state index is 0.0413. The summed E-state index contributed by atoms with van der Waals surface area (Å²) in [5.41, 5.74) is 0.922. The first kappa shape index (κ1) is 15.6. The molecule has 3 rings (SSSR count). The Morgan fingerprint density at radius 1 is 1.17 bits per heavy atom. The minimum Gasteiger partial charge on any atom is -0.454 e. The Morgan fingerprint density at radius 2 is 1.87 bits per heavy atom. The van der Waals surface area contributed by atoms with Crippen molar-refractivity contribution in [3.63, 3.8) is 0 Å². The van der Waals surface area contributed by atoms with Crippen LogP contribution in [0.25, 0.3) is 0 Å². The molecule has 0 saturated carbocycles. The van der Waals surface area contributed by atoms with Gasteiger partial charge >= 0.3 is 0 Å². The highest BCUT2D eigenvalue weighted by Gasteiger charge is 2.28. The van der Waals surface area contributed by atoms with Crippen molar-refractivity contribution in [2.75, 3.05) is 34.0 Å². The van der Waals surface area contributed by atoms with Crippen LogP contribution in [0.5, 0.6) is 11.5 Å². The van der Waals surface area contributed by atoms with Crippen LogP contribution in [-0.4, -0.2) is 55.6 Å². The zero-order chi connectivity index (χ0) is 16.4. The summed E-state index contributed by atoms with van der Waals surface area (Å²) in [5, 5.41) is 0. The minimum absolute atomic E-state index is 0.0413. The van der Waals surface area contributed by atoms with E-state index in [4.69, 9.17) is 9.47 Å². The number of ether oxygens (including phenoxy) is 2. The number of nitrogens with zero attached hydrogens (tertiary/aromatic N) is 2. The van der Waals surface area contributed by atoms with Crippen molar-refractivity contribution in [2.45, 2.75) is 19.3 Å². The molecule has 6 nitrogen and oxygen atoms in total. The van der Waals surface area contributed by atoms with E-state index in [0.29, 0.717) is 25.3 Å². The van der Waals surface area contributed by atoms with Gasteiger partial charge < -0.3 is 19.3 Å². The van der Waals surface area contributed by atoms with Gasteiger partial charge in [0.25, 0.3) is 0 Å². The molecule has 2 aliphatic rings. The molecule has 0 aliphatic carbocycles. The number of fused-ring (bicyclic) bond motifs is 1. The molecule has 1 saturated heterocycles. The highest BCUT2D eigenvalue weighted by molar-refractivity contribution is 5.81. The normalized spacial score (nSPS) is 17.2. The third-order valence-corrected chi connectivity index (χ3v) is 4.43. The number of amides is 2. The Hall–Kier alpha value is -2.24. The molecule has 0 unspecified atom stereocenters. The van der Waals surface area contributed by atoms with Crippen LogP contribution in [0.2, 0.25) is 0 Å². The van der Waals surface area contributed by atoms with E-state index in [9.17, 15) is 9.59 Å². The zero-order valence-electron chi connectivity index (χ0n) is 13.6. The predicted octanol–water partition coefficient (Wildman–Crippen LogP) is 1.28. The fourth-order valence-electron chi connectivity index (χ4n) is 3.08. The molecule has 1 aromatic carbocycles. The molecule has 23 heavy (non-hydrogen) atoms. The number of likely N-dealkylation sites (tertiary alicyclic amines) is 1. The molecule has 1 fully saturated rings. The topological polar surface area (TPSA) is 59.1 Å². The van der Waals surface area contributed by atoms with E-state index in [1.165, 1.54) is 0 Å². The van der Waals surface area contributed by atoms with Crippen molar-refractivity contribution in [3.05, 3.63) is 23.8 Å². The molecule has 0 bridgehead atoms. The maximum absolute atomic E-state index is 12.4. The maximum atomic E-state index is 12.4. The summed E-state index contributed by atoms with van der Waals surface area (Å²) in [4.78, 5) is 27.9. The van der Waals surface area contributed by atoms with Crippen molar-refractivity contribution >= 4 is 11.8 Å². The van der Waals surface area contributed by atoms with E-state index < -0.39 is 0 Å². The fraction of sp³-hybridized carbons (Fsp3) is 0.529. The molecule has 1 aromatic rings. The summed E-state index contributed by atoms with van der Waals surface area (Å²) in [5.74, 6) is 1.72. The van der Waals surface area contributed by atoms with Crippen LogP contribution in [-0.2, 0) is 16.0 Å². The summed E-state index contributed by atoms with van der Waals surface area (Å²) < 4.78 is 10.6. The van der Waals surface area contributed by atoms with Crippen molar-refractivity contribution in [2.24, 2.45) is 5.92 Å². The van der Waals surface area contributed by atoms with Gasteiger partial charge in [0.1, 0.15) is 0 Å². The van der Waals surface area contributed by atoms with E-state index in [1.807, 2.05) is 23.1 Å². The fourth-order valence-corrected chi connectivity index (χ4v) is 3.08. The molecule has 0 N–H and O–H groups in total. The standard InChI is InChI=1S/C17H22N2O4/c1-18(2)17(21)13-5-7-19(8-6-13)16(20)10-12-3-4-14-15(9-12)23-11-22-14/h3-4,9,13H,5-8,10-11H2,1-2H3. The summed E-state index contributed by atoms with van der Waals surface area (Å²) >= 11 is 0. The Balaban J connectivity index is 1.55. The van der Waals surface area contributed by atoms with Crippen LogP contribution in [0.4, 0.5) is 0 Å². The molecule has 6 heteroatoms. The smallest absolute Gasteiger partial charge is 0.231 e. The molecule has 2 amide bonds. The van der Waals surface area contributed by atoms with Gasteiger partial charge in [-0.05, 0) is 30.5 Å². The van der Waals surface area contributed by atoms with Gasteiger partial charge in [-0.15, -0.1) is 0 Å². The van der Waals surface area contributed by atoms with E-state index in [0.717, 1.165) is 24.2 Å². The van der Waals surface area contributed by atoms with Crippen LogP contribution in [0, 0.1) is 5.92 Å². The van der Waals surface area contributed by atoms with Crippen molar-refractivity contribution in [1.29, 1.82) is 0 Å². The molecule has 2 aliphatic heterocycles. The van der Waals surface area contributed by atoms with Gasteiger partial charge in [-0.2, -0.15) is 0 Å². The quantitative estimate of drug-likeness (QED) is 0.842. The SMILES string of the molecule is CN(C)C(=O)C1CCN(C(=O)Cc2ccc3c(c2)OCO3)CC1. The Labute approximate surface area is 136 Å². The molecular weight excluding hydrogens is 296 g/mol.